The Bertz CT molecular complexity index is 709. The third-order valence-electron chi connectivity index (χ3n) is 4.93. The Hall–Kier alpha value is -2.14. The van der Waals surface area contributed by atoms with Crippen molar-refractivity contribution in [3.05, 3.63) is 53.3 Å². The molecule has 0 saturated carbocycles. The zero-order valence-corrected chi connectivity index (χ0v) is 14.7. The lowest BCUT2D eigenvalue weighted by Gasteiger charge is -2.30. The molecule has 0 spiro atoms. The summed E-state index contributed by atoms with van der Waals surface area (Å²) < 4.78 is 1.95. The van der Waals surface area contributed by atoms with Gasteiger partial charge >= 0.3 is 0 Å². The van der Waals surface area contributed by atoms with E-state index < -0.39 is 0 Å². The number of benzene rings is 1. The number of amides is 1. The SMILES string of the molecule is Cc1cnn(C(C)C(C)NCC(=O)N2CCc3ccccc3C2)c1. The number of aromatic nitrogens is 2. The van der Waals surface area contributed by atoms with E-state index in [4.69, 9.17) is 0 Å². The van der Waals surface area contributed by atoms with Crippen LogP contribution in [0.1, 0.15) is 36.6 Å². The highest BCUT2D eigenvalue weighted by Gasteiger charge is 2.21. The Morgan fingerprint density at radius 1 is 1.29 bits per heavy atom. The predicted molar refractivity (Wildman–Crippen MR) is 94.7 cm³/mol. The Balaban J connectivity index is 1.52. The fourth-order valence-corrected chi connectivity index (χ4v) is 3.12. The molecule has 2 atom stereocenters. The molecule has 2 unspecified atom stereocenters. The number of carbonyl (C=O) groups excluding carboxylic acids is 1. The van der Waals surface area contributed by atoms with Crippen molar-refractivity contribution in [1.82, 2.24) is 20.0 Å². The predicted octanol–water partition coefficient (Wildman–Crippen LogP) is 2.32. The van der Waals surface area contributed by atoms with Gasteiger partial charge in [-0.3, -0.25) is 9.48 Å². The third kappa shape index (κ3) is 3.67. The number of aryl methyl sites for hydroxylation is 1. The van der Waals surface area contributed by atoms with Gasteiger partial charge in [-0.05, 0) is 43.9 Å². The highest BCUT2D eigenvalue weighted by molar-refractivity contribution is 5.78. The van der Waals surface area contributed by atoms with Gasteiger partial charge in [-0.1, -0.05) is 24.3 Å². The first-order valence-electron chi connectivity index (χ1n) is 8.63. The second-order valence-electron chi connectivity index (χ2n) is 6.74. The van der Waals surface area contributed by atoms with E-state index in [1.165, 1.54) is 11.1 Å². The number of nitrogens with zero attached hydrogens (tertiary/aromatic N) is 3. The Morgan fingerprint density at radius 3 is 2.75 bits per heavy atom. The lowest BCUT2D eigenvalue weighted by molar-refractivity contribution is -0.131. The quantitative estimate of drug-likeness (QED) is 0.917. The van der Waals surface area contributed by atoms with Crippen molar-refractivity contribution < 1.29 is 4.79 Å². The van der Waals surface area contributed by atoms with Crippen molar-refractivity contribution in [2.45, 2.75) is 45.8 Å². The molecule has 2 heterocycles. The highest BCUT2D eigenvalue weighted by Crippen LogP contribution is 2.18. The molecule has 2 aromatic rings. The van der Waals surface area contributed by atoms with Crippen LogP contribution in [-0.2, 0) is 17.8 Å². The van der Waals surface area contributed by atoms with Crippen LogP contribution in [0.25, 0.3) is 0 Å². The number of fused-ring (bicyclic) bond motifs is 1. The summed E-state index contributed by atoms with van der Waals surface area (Å²) in [5.41, 5.74) is 3.79. The van der Waals surface area contributed by atoms with Crippen LogP contribution in [0, 0.1) is 6.92 Å². The molecule has 1 aliphatic rings. The molecule has 1 N–H and O–H groups in total. The lowest BCUT2D eigenvalue weighted by atomic mass is 10.00. The van der Waals surface area contributed by atoms with Gasteiger partial charge in [-0.2, -0.15) is 5.10 Å². The molecule has 3 rings (SSSR count). The summed E-state index contributed by atoms with van der Waals surface area (Å²) in [6, 6.07) is 8.76. The minimum atomic E-state index is 0.167. The van der Waals surface area contributed by atoms with Crippen LogP contribution in [0.3, 0.4) is 0 Å². The smallest absolute Gasteiger partial charge is 0.236 e. The van der Waals surface area contributed by atoms with Gasteiger partial charge in [0, 0.05) is 25.3 Å². The summed E-state index contributed by atoms with van der Waals surface area (Å²) in [5.74, 6) is 0.167. The van der Waals surface area contributed by atoms with Crippen LogP contribution in [0.4, 0.5) is 0 Å². The van der Waals surface area contributed by atoms with Gasteiger partial charge in [0.25, 0.3) is 0 Å². The molecule has 0 saturated heterocycles. The molecule has 128 valence electrons. The van der Waals surface area contributed by atoms with E-state index in [2.05, 4.69) is 42.5 Å². The van der Waals surface area contributed by atoms with Crippen LogP contribution in [0.5, 0.6) is 0 Å². The van der Waals surface area contributed by atoms with E-state index in [-0.39, 0.29) is 18.0 Å². The number of carbonyl (C=O) groups is 1. The average Bonchev–Trinajstić information content (AvgIpc) is 3.04. The largest absolute Gasteiger partial charge is 0.337 e. The summed E-state index contributed by atoms with van der Waals surface area (Å²) in [7, 11) is 0. The molecule has 1 aromatic carbocycles. The minimum Gasteiger partial charge on any atom is -0.337 e. The van der Waals surface area contributed by atoms with Crippen LogP contribution < -0.4 is 5.32 Å². The maximum Gasteiger partial charge on any atom is 0.236 e. The Labute approximate surface area is 143 Å². The number of nitrogens with one attached hydrogen (secondary N) is 1. The minimum absolute atomic E-state index is 0.167. The summed E-state index contributed by atoms with van der Waals surface area (Å²) in [6.45, 7) is 8.14. The number of hydrogen-bond donors (Lipinski definition) is 1. The molecule has 0 bridgehead atoms. The summed E-state index contributed by atoms with van der Waals surface area (Å²) in [4.78, 5) is 14.5. The molecule has 5 heteroatoms. The highest BCUT2D eigenvalue weighted by atomic mass is 16.2. The van der Waals surface area contributed by atoms with Gasteiger partial charge in [0.05, 0.1) is 18.8 Å². The summed E-state index contributed by atoms with van der Waals surface area (Å²) >= 11 is 0. The van der Waals surface area contributed by atoms with Gasteiger partial charge < -0.3 is 10.2 Å². The van der Waals surface area contributed by atoms with Crippen molar-refractivity contribution in [1.29, 1.82) is 0 Å². The molecule has 24 heavy (non-hydrogen) atoms. The van der Waals surface area contributed by atoms with E-state index in [9.17, 15) is 4.79 Å². The molecule has 1 amide bonds. The van der Waals surface area contributed by atoms with E-state index in [0.29, 0.717) is 6.54 Å². The maximum atomic E-state index is 12.5. The molecule has 1 aliphatic heterocycles. The van der Waals surface area contributed by atoms with Crippen molar-refractivity contribution in [2.24, 2.45) is 0 Å². The second-order valence-corrected chi connectivity index (χ2v) is 6.74. The first-order valence-corrected chi connectivity index (χ1v) is 8.63. The Morgan fingerprint density at radius 2 is 2.04 bits per heavy atom. The van der Waals surface area contributed by atoms with Crippen LogP contribution in [0.15, 0.2) is 36.7 Å². The van der Waals surface area contributed by atoms with Gasteiger partial charge in [0.15, 0.2) is 0 Å². The van der Waals surface area contributed by atoms with Gasteiger partial charge in [-0.15, -0.1) is 0 Å². The second kappa shape index (κ2) is 7.18. The fourth-order valence-electron chi connectivity index (χ4n) is 3.12. The monoisotopic (exact) mass is 326 g/mol. The molecule has 0 aliphatic carbocycles. The number of rotatable bonds is 5. The van der Waals surface area contributed by atoms with Crippen LogP contribution >= 0.6 is 0 Å². The normalized spacial score (nSPS) is 16.5. The summed E-state index contributed by atoms with van der Waals surface area (Å²) in [5, 5.41) is 7.72. The molecule has 0 radical (unpaired) electrons. The maximum absolute atomic E-state index is 12.5. The van der Waals surface area contributed by atoms with Crippen LogP contribution in [0.2, 0.25) is 0 Å². The van der Waals surface area contributed by atoms with E-state index in [1.54, 1.807) is 0 Å². The zero-order chi connectivity index (χ0) is 17.1. The lowest BCUT2D eigenvalue weighted by Crippen LogP contribution is -2.44. The van der Waals surface area contributed by atoms with Crippen LogP contribution in [-0.4, -0.2) is 39.7 Å². The first-order chi connectivity index (χ1) is 11.5. The molecular formula is C19H26N4O. The van der Waals surface area contributed by atoms with Crippen molar-refractivity contribution in [3.63, 3.8) is 0 Å². The molecule has 1 aromatic heterocycles. The van der Waals surface area contributed by atoms with Crippen molar-refractivity contribution >= 4 is 5.91 Å². The third-order valence-corrected chi connectivity index (χ3v) is 4.93. The van der Waals surface area contributed by atoms with Gasteiger partial charge in [0.2, 0.25) is 5.91 Å². The van der Waals surface area contributed by atoms with E-state index >= 15 is 0 Å². The molecule has 0 fully saturated rings. The van der Waals surface area contributed by atoms with Crippen molar-refractivity contribution in [3.8, 4) is 0 Å². The number of hydrogen-bond acceptors (Lipinski definition) is 3. The van der Waals surface area contributed by atoms with Gasteiger partial charge in [-0.25, -0.2) is 0 Å². The van der Waals surface area contributed by atoms with Crippen molar-refractivity contribution in [2.75, 3.05) is 13.1 Å². The summed E-state index contributed by atoms with van der Waals surface area (Å²) in [6.07, 6.45) is 4.84. The Kier molecular flexibility index (Phi) is 5.00. The zero-order valence-electron chi connectivity index (χ0n) is 14.7. The van der Waals surface area contributed by atoms with E-state index in [0.717, 1.165) is 25.1 Å². The fraction of sp³-hybridized carbons (Fsp3) is 0.474. The topological polar surface area (TPSA) is 50.2 Å². The first kappa shape index (κ1) is 16.7. The van der Waals surface area contributed by atoms with E-state index in [1.807, 2.05) is 35.0 Å². The standard InChI is InChI=1S/C19H26N4O/c1-14-10-21-23(12-14)16(3)15(2)20-11-19(24)22-9-8-17-6-4-5-7-18(17)13-22/h4-7,10,12,15-16,20H,8-9,11,13H2,1-3H3. The van der Waals surface area contributed by atoms with Gasteiger partial charge in [0.1, 0.15) is 0 Å². The molecular weight excluding hydrogens is 300 g/mol. The molecule has 5 nitrogen and oxygen atoms in total. The average molecular weight is 326 g/mol.